The fourth-order valence-corrected chi connectivity index (χ4v) is 3.06. The van der Waals surface area contributed by atoms with E-state index >= 15 is 0 Å². The van der Waals surface area contributed by atoms with Gasteiger partial charge in [0.15, 0.2) is 11.6 Å². The van der Waals surface area contributed by atoms with E-state index in [1.807, 2.05) is 0 Å². The first-order valence-corrected chi connectivity index (χ1v) is 7.68. The number of aromatic nitrogens is 1. The van der Waals surface area contributed by atoms with Gasteiger partial charge in [0.1, 0.15) is 0 Å². The molecule has 0 radical (unpaired) electrons. The average molecular weight is 310 g/mol. The van der Waals surface area contributed by atoms with Gasteiger partial charge in [-0.3, -0.25) is 4.98 Å². The van der Waals surface area contributed by atoms with Crippen LogP contribution in [0.1, 0.15) is 18.5 Å². The summed E-state index contributed by atoms with van der Waals surface area (Å²) in [6.45, 7) is 1.69. The monoisotopic (exact) mass is 310 g/mol. The van der Waals surface area contributed by atoms with Gasteiger partial charge in [-0.15, -0.1) is 0 Å². The molecule has 0 aliphatic heterocycles. The summed E-state index contributed by atoms with van der Waals surface area (Å²) in [6.07, 6.45) is 3.17. The highest BCUT2D eigenvalue weighted by molar-refractivity contribution is 7.89. The van der Waals surface area contributed by atoms with Gasteiger partial charge in [-0.05, 0) is 36.8 Å². The van der Waals surface area contributed by atoms with Crippen LogP contribution in [0.25, 0.3) is 0 Å². The van der Waals surface area contributed by atoms with Crippen LogP contribution >= 0.6 is 0 Å². The van der Waals surface area contributed by atoms with E-state index in [0.717, 1.165) is 11.6 Å². The van der Waals surface area contributed by atoms with E-state index in [-0.39, 0.29) is 10.6 Å². The van der Waals surface area contributed by atoms with Crippen LogP contribution in [0.4, 0.5) is 4.39 Å². The lowest BCUT2D eigenvalue weighted by Crippen LogP contribution is -2.27. The van der Waals surface area contributed by atoms with E-state index in [1.54, 1.807) is 31.5 Å². The number of methoxy groups -OCH3 is 1. The topological polar surface area (TPSA) is 68.3 Å². The molecule has 1 aromatic heterocycles. The summed E-state index contributed by atoms with van der Waals surface area (Å²) in [6, 6.07) is 6.49. The quantitative estimate of drug-likeness (QED) is 0.920. The Labute approximate surface area is 122 Å². The van der Waals surface area contributed by atoms with E-state index in [9.17, 15) is 12.8 Å². The third-order valence-electron chi connectivity index (χ3n) is 2.95. The highest BCUT2D eigenvalue weighted by atomic mass is 32.2. The van der Waals surface area contributed by atoms with Gasteiger partial charge in [0.05, 0.1) is 12.0 Å². The van der Waals surface area contributed by atoms with Gasteiger partial charge in [0, 0.05) is 18.4 Å². The minimum Gasteiger partial charge on any atom is -0.494 e. The molecule has 0 fully saturated rings. The number of halogens is 1. The number of hydrogen-bond donors (Lipinski definition) is 1. The molecular formula is C14H15FN2O3S. The molecule has 0 unspecified atom stereocenters. The molecular weight excluding hydrogens is 295 g/mol. The molecule has 5 nitrogen and oxygen atoms in total. The maximum absolute atomic E-state index is 13.6. The van der Waals surface area contributed by atoms with Crippen LogP contribution in [0.15, 0.2) is 47.6 Å². The van der Waals surface area contributed by atoms with E-state index in [2.05, 4.69) is 9.71 Å². The average Bonchev–Trinajstić information content (AvgIpc) is 2.47. The van der Waals surface area contributed by atoms with Gasteiger partial charge >= 0.3 is 0 Å². The molecule has 1 atom stereocenters. The summed E-state index contributed by atoms with van der Waals surface area (Å²) in [5.41, 5.74) is 0.718. The van der Waals surface area contributed by atoms with Crippen LogP contribution in [-0.2, 0) is 10.0 Å². The van der Waals surface area contributed by atoms with Gasteiger partial charge in [-0.1, -0.05) is 6.07 Å². The van der Waals surface area contributed by atoms with Crippen LogP contribution in [0, 0.1) is 5.82 Å². The van der Waals surface area contributed by atoms with Gasteiger partial charge in [0.25, 0.3) is 0 Å². The first-order valence-electron chi connectivity index (χ1n) is 6.20. The smallest absolute Gasteiger partial charge is 0.241 e. The molecule has 0 spiro atoms. The number of nitrogens with zero attached hydrogens (tertiary/aromatic N) is 1. The summed E-state index contributed by atoms with van der Waals surface area (Å²) in [5.74, 6) is -0.733. The predicted molar refractivity (Wildman–Crippen MR) is 75.9 cm³/mol. The molecule has 2 aromatic rings. The summed E-state index contributed by atoms with van der Waals surface area (Å²) >= 11 is 0. The van der Waals surface area contributed by atoms with Crippen molar-refractivity contribution < 1.29 is 17.5 Å². The van der Waals surface area contributed by atoms with Crippen molar-refractivity contribution in [3.05, 3.63) is 54.1 Å². The molecule has 1 heterocycles. The molecule has 112 valence electrons. The number of ether oxygens (including phenoxy) is 1. The molecule has 7 heteroatoms. The first kappa shape index (κ1) is 15.4. The first-order chi connectivity index (χ1) is 9.94. The normalized spacial score (nSPS) is 12.9. The number of benzene rings is 1. The number of nitrogens with one attached hydrogen (secondary N) is 1. The molecule has 1 aromatic carbocycles. The van der Waals surface area contributed by atoms with Crippen LogP contribution < -0.4 is 9.46 Å². The molecule has 2 rings (SSSR count). The highest BCUT2D eigenvalue weighted by Gasteiger charge is 2.20. The Morgan fingerprint density at radius 2 is 2.10 bits per heavy atom. The number of rotatable bonds is 5. The van der Waals surface area contributed by atoms with Crippen molar-refractivity contribution >= 4 is 10.0 Å². The zero-order valence-electron chi connectivity index (χ0n) is 11.6. The molecule has 0 bridgehead atoms. The van der Waals surface area contributed by atoms with Gasteiger partial charge in [-0.25, -0.2) is 17.5 Å². The van der Waals surface area contributed by atoms with E-state index in [1.165, 1.54) is 19.2 Å². The Bertz CT molecular complexity index is 720. The minimum atomic E-state index is -3.83. The lowest BCUT2D eigenvalue weighted by Gasteiger charge is -2.14. The lowest BCUT2D eigenvalue weighted by atomic mass is 10.2. The van der Waals surface area contributed by atoms with Crippen LogP contribution in [-0.4, -0.2) is 20.5 Å². The number of sulfonamides is 1. The fourth-order valence-electron chi connectivity index (χ4n) is 1.82. The summed E-state index contributed by atoms with van der Waals surface area (Å²) in [7, 11) is -2.51. The zero-order valence-corrected chi connectivity index (χ0v) is 12.4. The fraction of sp³-hybridized carbons (Fsp3) is 0.214. The standard InChI is InChI=1S/C14H15FN2O3S/c1-10(11-4-3-7-16-9-11)17-21(18,19)12-5-6-14(20-2)13(15)8-12/h3-10,17H,1-2H3/t10-/m1/s1. The van der Waals surface area contributed by atoms with Gasteiger partial charge in [0.2, 0.25) is 10.0 Å². The van der Waals surface area contributed by atoms with Crippen molar-refractivity contribution in [1.29, 1.82) is 0 Å². The summed E-state index contributed by atoms with van der Waals surface area (Å²) < 4.78 is 45.3. The molecule has 0 amide bonds. The molecule has 21 heavy (non-hydrogen) atoms. The Morgan fingerprint density at radius 1 is 1.33 bits per heavy atom. The minimum absolute atomic E-state index is 0.00532. The van der Waals surface area contributed by atoms with Crippen molar-refractivity contribution in [1.82, 2.24) is 9.71 Å². The second-order valence-electron chi connectivity index (χ2n) is 4.43. The van der Waals surface area contributed by atoms with E-state index < -0.39 is 21.9 Å². The molecule has 0 saturated heterocycles. The van der Waals surface area contributed by atoms with Crippen molar-refractivity contribution in [2.75, 3.05) is 7.11 Å². The Morgan fingerprint density at radius 3 is 2.67 bits per heavy atom. The maximum Gasteiger partial charge on any atom is 0.241 e. The molecule has 1 N–H and O–H groups in total. The summed E-state index contributed by atoms with van der Waals surface area (Å²) in [4.78, 5) is 3.78. The molecule has 0 saturated carbocycles. The second-order valence-corrected chi connectivity index (χ2v) is 6.14. The Kier molecular flexibility index (Phi) is 4.54. The highest BCUT2D eigenvalue weighted by Crippen LogP contribution is 2.22. The third kappa shape index (κ3) is 3.56. The van der Waals surface area contributed by atoms with Gasteiger partial charge in [-0.2, -0.15) is 0 Å². The van der Waals surface area contributed by atoms with Crippen molar-refractivity contribution in [3.8, 4) is 5.75 Å². The Balaban J connectivity index is 2.24. The van der Waals surface area contributed by atoms with Gasteiger partial charge < -0.3 is 4.74 Å². The van der Waals surface area contributed by atoms with Crippen LogP contribution in [0.3, 0.4) is 0 Å². The van der Waals surface area contributed by atoms with Crippen molar-refractivity contribution in [2.24, 2.45) is 0 Å². The number of pyridine rings is 1. The second kappa shape index (κ2) is 6.19. The van der Waals surface area contributed by atoms with Crippen LogP contribution in [0.2, 0.25) is 0 Å². The molecule has 0 aliphatic rings. The zero-order chi connectivity index (χ0) is 15.5. The number of hydrogen-bond acceptors (Lipinski definition) is 4. The van der Waals surface area contributed by atoms with Crippen molar-refractivity contribution in [2.45, 2.75) is 17.9 Å². The predicted octanol–water partition coefficient (Wildman–Crippen LogP) is 2.27. The largest absolute Gasteiger partial charge is 0.494 e. The van der Waals surface area contributed by atoms with Crippen molar-refractivity contribution in [3.63, 3.8) is 0 Å². The van der Waals surface area contributed by atoms with E-state index in [4.69, 9.17) is 4.74 Å². The summed E-state index contributed by atoms with van der Waals surface area (Å²) in [5, 5.41) is 0. The van der Waals surface area contributed by atoms with Crippen LogP contribution in [0.5, 0.6) is 5.75 Å². The SMILES string of the molecule is COc1ccc(S(=O)(=O)N[C@H](C)c2cccnc2)cc1F. The van der Waals surface area contributed by atoms with E-state index in [0.29, 0.717) is 0 Å². The molecule has 0 aliphatic carbocycles. The maximum atomic E-state index is 13.6. The lowest BCUT2D eigenvalue weighted by molar-refractivity contribution is 0.385. The third-order valence-corrected chi connectivity index (χ3v) is 4.49. The Hall–Kier alpha value is -1.99.